The zero-order chi connectivity index (χ0) is 27.9. The predicted octanol–water partition coefficient (Wildman–Crippen LogP) is 5.06. The standard InChI is InChI=1S/C32H39ClN4O3/c1-40-30-10-3-2-9-27(30)29-12-11-28(32(39)34-16-13-23-6-4-8-25(33)20-23)31(35-29)36-18-14-26(15-19-36)37-17-5-7-24(21-37)22-38/h2-4,6,8-12,20,24,26,38H,5,7,13-19,21-22H2,1H3,(H,34,39)/t24-/m1/s1. The van der Waals surface area contributed by atoms with Gasteiger partial charge < -0.3 is 20.1 Å². The maximum Gasteiger partial charge on any atom is 0.255 e. The minimum atomic E-state index is -0.125. The number of piperidine rings is 2. The van der Waals surface area contributed by atoms with Crippen molar-refractivity contribution in [2.24, 2.45) is 5.92 Å². The van der Waals surface area contributed by atoms with Crippen molar-refractivity contribution in [3.05, 3.63) is 76.8 Å². The fourth-order valence-electron chi connectivity index (χ4n) is 6.00. The van der Waals surface area contributed by atoms with Crippen LogP contribution in [-0.4, -0.2) is 73.4 Å². The monoisotopic (exact) mass is 562 g/mol. The molecule has 2 aliphatic heterocycles. The van der Waals surface area contributed by atoms with Gasteiger partial charge in [-0.1, -0.05) is 35.9 Å². The molecule has 212 valence electrons. The highest BCUT2D eigenvalue weighted by atomic mass is 35.5. The molecule has 3 aromatic rings. The van der Waals surface area contributed by atoms with Crippen molar-refractivity contribution in [1.29, 1.82) is 0 Å². The van der Waals surface area contributed by atoms with Gasteiger partial charge in [0, 0.05) is 49.4 Å². The predicted molar refractivity (Wildman–Crippen MR) is 160 cm³/mol. The van der Waals surface area contributed by atoms with Gasteiger partial charge in [0.1, 0.15) is 11.6 Å². The molecule has 0 bridgehead atoms. The molecule has 0 spiro atoms. The van der Waals surface area contributed by atoms with E-state index in [0.717, 1.165) is 74.4 Å². The molecule has 1 atom stereocenters. The summed E-state index contributed by atoms with van der Waals surface area (Å²) in [6.07, 6.45) is 4.97. The van der Waals surface area contributed by atoms with Gasteiger partial charge >= 0.3 is 0 Å². The Morgan fingerprint density at radius 3 is 2.67 bits per heavy atom. The number of aliphatic hydroxyl groups excluding tert-OH is 1. The lowest BCUT2D eigenvalue weighted by atomic mass is 9.94. The smallest absolute Gasteiger partial charge is 0.255 e. The maximum absolute atomic E-state index is 13.5. The molecule has 5 rings (SSSR count). The summed E-state index contributed by atoms with van der Waals surface area (Å²) in [5, 5.41) is 13.5. The Bertz CT molecular complexity index is 1290. The molecule has 2 aliphatic rings. The number of hydrogen-bond donors (Lipinski definition) is 2. The van der Waals surface area contributed by atoms with Gasteiger partial charge in [0.15, 0.2) is 0 Å². The minimum absolute atomic E-state index is 0.125. The highest BCUT2D eigenvalue weighted by molar-refractivity contribution is 6.30. The third kappa shape index (κ3) is 6.77. The van der Waals surface area contributed by atoms with Crippen LogP contribution in [-0.2, 0) is 6.42 Å². The molecular weight excluding hydrogens is 524 g/mol. The number of amides is 1. The number of benzene rings is 2. The van der Waals surface area contributed by atoms with Crippen molar-refractivity contribution in [1.82, 2.24) is 15.2 Å². The summed E-state index contributed by atoms with van der Waals surface area (Å²) in [4.78, 5) is 23.3. The lowest BCUT2D eigenvalue weighted by Crippen LogP contribution is -2.49. The number of aromatic nitrogens is 1. The summed E-state index contributed by atoms with van der Waals surface area (Å²) in [6.45, 7) is 4.51. The Morgan fingerprint density at radius 1 is 1.07 bits per heavy atom. The van der Waals surface area contributed by atoms with E-state index in [1.165, 1.54) is 0 Å². The molecule has 8 heteroatoms. The van der Waals surface area contributed by atoms with Gasteiger partial charge in [-0.3, -0.25) is 9.69 Å². The number of nitrogens with zero attached hydrogens (tertiary/aromatic N) is 3. The summed E-state index contributed by atoms with van der Waals surface area (Å²) >= 11 is 6.13. The Balaban J connectivity index is 1.34. The van der Waals surface area contributed by atoms with Gasteiger partial charge in [0.2, 0.25) is 0 Å². The highest BCUT2D eigenvalue weighted by Gasteiger charge is 2.30. The summed E-state index contributed by atoms with van der Waals surface area (Å²) in [7, 11) is 1.66. The van der Waals surface area contributed by atoms with Gasteiger partial charge in [0.05, 0.1) is 18.4 Å². The van der Waals surface area contributed by atoms with Crippen LogP contribution in [0.2, 0.25) is 5.02 Å². The molecule has 7 nitrogen and oxygen atoms in total. The molecule has 2 fully saturated rings. The number of nitrogens with one attached hydrogen (secondary N) is 1. The Kier molecular flexibility index (Phi) is 9.57. The fraction of sp³-hybridized carbons (Fsp3) is 0.438. The summed E-state index contributed by atoms with van der Waals surface area (Å²) in [6, 6.07) is 19.9. The Labute approximate surface area is 242 Å². The van der Waals surface area contributed by atoms with E-state index in [1.807, 2.05) is 60.7 Å². The molecule has 2 aromatic carbocycles. The number of rotatable bonds is 9. The highest BCUT2D eigenvalue weighted by Crippen LogP contribution is 2.33. The molecule has 0 saturated carbocycles. The largest absolute Gasteiger partial charge is 0.496 e. The van der Waals surface area contributed by atoms with Crippen LogP contribution >= 0.6 is 11.6 Å². The van der Waals surface area contributed by atoms with Crippen LogP contribution in [0.1, 0.15) is 41.6 Å². The number of ether oxygens (including phenoxy) is 1. The van der Waals surface area contributed by atoms with Crippen LogP contribution in [0.4, 0.5) is 5.82 Å². The molecule has 1 amide bonds. The van der Waals surface area contributed by atoms with Gasteiger partial charge in [-0.2, -0.15) is 0 Å². The third-order valence-electron chi connectivity index (χ3n) is 8.18. The van der Waals surface area contributed by atoms with Crippen LogP contribution in [0, 0.1) is 5.92 Å². The summed E-state index contributed by atoms with van der Waals surface area (Å²) < 4.78 is 5.60. The minimum Gasteiger partial charge on any atom is -0.496 e. The second-order valence-electron chi connectivity index (χ2n) is 10.8. The van der Waals surface area contributed by atoms with E-state index in [4.69, 9.17) is 21.3 Å². The van der Waals surface area contributed by atoms with E-state index in [-0.39, 0.29) is 12.5 Å². The quantitative estimate of drug-likeness (QED) is 0.380. The first-order chi connectivity index (χ1) is 19.6. The number of aliphatic hydroxyl groups is 1. The first-order valence-electron chi connectivity index (χ1n) is 14.3. The molecule has 0 aliphatic carbocycles. The fourth-order valence-corrected chi connectivity index (χ4v) is 6.21. The van der Waals surface area contributed by atoms with Gasteiger partial charge in [-0.25, -0.2) is 4.98 Å². The number of methoxy groups -OCH3 is 1. The van der Waals surface area contributed by atoms with Crippen molar-refractivity contribution in [3.63, 3.8) is 0 Å². The Morgan fingerprint density at radius 2 is 1.90 bits per heavy atom. The van der Waals surface area contributed by atoms with Crippen molar-refractivity contribution in [2.75, 3.05) is 51.3 Å². The van der Waals surface area contributed by atoms with Crippen molar-refractivity contribution in [3.8, 4) is 17.0 Å². The zero-order valence-corrected chi connectivity index (χ0v) is 23.9. The first kappa shape index (κ1) is 28.4. The van der Waals surface area contributed by atoms with E-state index in [9.17, 15) is 9.90 Å². The molecule has 0 unspecified atom stereocenters. The zero-order valence-electron chi connectivity index (χ0n) is 23.2. The van der Waals surface area contributed by atoms with E-state index in [1.54, 1.807) is 7.11 Å². The maximum atomic E-state index is 13.5. The number of para-hydroxylation sites is 1. The second-order valence-corrected chi connectivity index (χ2v) is 11.2. The average molecular weight is 563 g/mol. The van der Waals surface area contributed by atoms with E-state index < -0.39 is 0 Å². The third-order valence-corrected chi connectivity index (χ3v) is 8.42. The van der Waals surface area contributed by atoms with Gasteiger partial charge in [0.25, 0.3) is 5.91 Å². The number of anilines is 1. The van der Waals surface area contributed by atoms with Crippen molar-refractivity contribution < 1.29 is 14.6 Å². The van der Waals surface area contributed by atoms with Crippen LogP contribution in [0.25, 0.3) is 11.3 Å². The van der Waals surface area contributed by atoms with E-state index in [2.05, 4.69) is 15.1 Å². The molecule has 2 saturated heterocycles. The van der Waals surface area contributed by atoms with E-state index in [0.29, 0.717) is 41.3 Å². The van der Waals surface area contributed by atoms with E-state index >= 15 is 0 Å². The van der Waals surface area contributed by atoms with Crippen LogP contribution < -0.4 is 15.0 Å². The number of carbonyl (C=O) groups is 1. The lowest BCUT2D eigenvalue weighted by molar-refractivity contribution is 0.0777. The van der Waals surface area contributed by atoms with Crippen LogP contribution in [0.3, 0.4) is 0 Å². The lowest BCUT2D eigenvalue weighted by Gasteiger charge is -2.42. The first-order valence-corrected chi connectivity index (χ1v) is 14.7. The molecule has 3 heterocycles. The summed E-state index contributed by atoms with van der Waals surface area (Å²) in [5.41, 5.74) is 3.35. The summed E-state index contributed by atoms with van der Waals surface area (Å²) in [5.74, 6) is 1.73. The number of hydrogen-bond acceptors (Lipinski definition) is 6. The average Bonchev–Trinajstić information content (AvgIpc) is 3.01. The number of pyridine rings is 1. The topological polar surface area (TPSA) is 77.9 Å². The van der Waals surface area contributed by atoms with Crippen molar-refractivity contribution in [2.45, 2.75) is 38.1 Å². The van der Waals surface area contributed by atoms with Gasteiger partial charge in [-0.05, 0) is 86.5 Å². The number of carbonyl (C=O) groups excluding carboxylic acids is 1. The molecule has 40 heavy (non-hydrogen) atoms. The molecule has 2 N–H and O–H groups in total. The SMILES string of the molecule is COc1ccccc1-c1ccc(C(=O)NCCc2cccc(Cl)c2)c(N2CCC(N3CCC[C@@H](CO)C3)CC2)n1. The van der Waals surface area contributed by atoms with Crippen LogP contribution in [0.5, 0.6) is 5.75 Å². The molecule has 1 aromatic heterocycles. The molecule has 0 radical (unpaired) electrons. The van der Waals surface area contributed by atoms with Crippen molar-refractivity contribution >= 4 is 23.3 Å². The normalized spacial score (nSPS) is 18.5. The van der Waals surface area contributed by atoms with Gasteiger partial charge in [-0.15, -0.1) is 0 Å². The number of likely N-dealkylation sites (tertiary alicyclic amines) is 1. The Hall–Kier alpha value is -3.13. The number of halogens is 1. The molecular formula is C32H39ClN4O3. The second kappa shape index (κ2) is 13.5. The van der Waals surface area contributed by atoms with Crippen LogP contribution in [0.15, 0.2) is 60.7 Å².